The molecular formula is C20H25N3O2. The molecule has 0 atom stereocenters. The molecule has 4 rings (SSSR count). The monoisotopic (exact) mass is 339 g/mol. The molecule has 2 aromatic rings. The zero-order valence-corrected chi connectivity index (χ0v) is 14.6. The fourth-order valence-corrected chi connectivity index (χ4v) is 3.90. The molecule has 1 saturated heterocycles. The average Bonchev–Trinajstić information content (AvgIpc) is 2.69. The van der Waals surface area contributed by atoms with Crippen molar-refractivity contribution in [2.45, 2.75) is 37.8 Å². The molecule has 2 heterocycles. The first-order valence-electron chi connectivity index (χ1n) is 9.19. The van der Waals surface area contributed by atoms with Crippen LogP contribution in [-0.2, 0) is 4.74 Å². The van der Waals surface area contributed by atoms with Crippen LogP contribution in [0.1, 0.15) is 31.2 Å². The van der Waals surface area contributed by atoms with Gasteiger partial charge in [0.25, 0.3) is 0 Å². The third-order valence-electron chi connectivity index (χ3n) is 5.34. The van der Waals surface area contributed by atoms with Crippen molar-refractivity contribution in [1.29, 1.82) is 0 Å². The number of fused-ring (bicyclic) bond motifs is 1. The number of ether oxygens (including phenoxy) is 2. The second-order valence-electron chi connectivity index (χ2n) is 6.86. The van der Waals surface area contributed by atoms with Gasteiger partial charge in [-0.05, 0) is 43.4 Å². The normalized spacial score (nSPS) is 25.0. The summed E-state index contributed by atoms with van der Waals surface area (Å²) in [6.45, 7) is 7.71. The Kier molecular flexibility index (Phi) is 4.95. The van der Waals surface area contributed by atoms with Crippen LogP contribution in [0.15, 0.2) is 31.1 Å². The maximum Gasteiger partial charge on any atom is 0.224 e. The largest absolute Gasteiger partial charge is 0.474 e. The van der Waals surface area contributed by atoms with Gasteiger partial charge in [-0.1, -0.05) is 18.7 Å². The summed E-state index contributed by atoms with van der Waals surface area (Å²) in [5, 5.41) is 0.968. The topological polar surface area (TPSA) is 47.5 Å². The number of hydrogen-bond donors (Lipinski definition) is 0. The van der Waals surface area contributed by atoms with Gasteiger partial charge >= 0.3 is 0 Å². The van der Waals surface area contributed by atoms with Crippen LogP contribution in [0.25, 0.3) is 17.0 Å². The molecule has 5 heteroatoms. The maximum atomic E-state index is 6.28. The molecule has 2 aliphatic rings. The van der Waals surface area contributed by atoms with Gasteiger partial charge in [0.05, 0.1) is 24.1 Å². The second kappa shape index (κ2) is 7.50. The predicted octanol–water partition coefficient (Wildman–Crippen LogP) is 3.30. The van der Waals surface area contributed by atoms with E-state index in [1.54, 1.807) is 6.33 Å². The minimum Gasteiger partial charge on any atom is -0.474 e. The van der Waals surface area contributed by atoms with Crippen molar-refractivity contribution in [3.8, 4) is 5.88 Å². The Labute approximate surface area is 148 Å². The van der Waals surface area contributed by atoms with E-state index in [0.717, 1.165) is 55.6 Å². The first-order valence-corrected chi connectivity index (χ1v) is 9.19. The minimum absolute atomic E-state index is 0.239. The summed E-state index contributed by atoms with van der Waals surface area (Å²) < 4.78 is 11.7. The van der Waals surface area contributed by atoms with Crippen molar-refractivity contribution in [2.24, 2.45) is 0 Å². The highest BCUT2D eigenvalue weighted by atomic mass is 16.5. The van der Waals surface area contributed by atoms with E-state index in [2.05, 4.69) is 27.5 Å². The first kappa shape index (κ1) is 16.5. The lowest BCUT2D eigenvalue weighted by Gasteiger charge is -2.38. The van der Waals surface area contributed by atoms with Crippen LogP contribution in [0.5, 0.6) is 5.88 Å². The standard InChI is InChI=1S/C20H25N3O2/c1-2-15-3-8-19-18(13-15)20(22-14-21-19)25-17-6-4-16(5-7-17)23-9-11-24-12-10-23/h2-3,8,13-14,16-17H,1,4-7,9-12H2. The van der Waals surface area contributed by atoms with E-state index in [4.69, 9.17) is 9.47 Å². The van der Waals surface area contributed by atoms with Gasteiger partial charge in [0.1, 0.15) is 12.4 Å². The van der Waals surface area contributed by atoms with E-state index >= 15 is 0 Å². The lowest BCUT2D eigenvalue weighted by molar-refractivity contribution is -0.00126. The summed E-state index contributed by atoms with van der Waals surface area (Å²) in [7, 11) is 0. The predicted molar refractivity (Wildman–Crippen MR) is 98.7 cm³/mol. The van der Waals surface area contributed by atoms with Crippen molar-refractivity contribution in [1.82, 2.24) is 14.9 Å². The molecule has 1 aromatic heterocycles. The molecule has 2 fully saturated rings. The SMILES string of the molecule is C=Cc1ccc2ncnc(OC3CCC(N4CCOCC4)CC3)c2c1. The summed E-state index contributed by atoms with van der Waals surface area (Å²) in [6, 6.07) is 6.74. The summed E-state index contributed by atoms with van der Waals surface area (Å²) in [5.74, 6) is 0.698. The smallest absolute Gasteiger partial charge is 0.224 e. The number of hydrogen-bond acceptors (Lipinski definition) is 5. The van der Waals surface area contributed by atoms with Crippen LogP contribution in [0.3, 0.4) is 0 Å². The Balaban J connectivity index is 1.43. The molecular weight excluding hydrogens is 314 g/mol. The van der Waals surface area contributed by atoms with E-state index in [0.29, 0.717) is 11.9 Å². The van der Waals surface area contributed by atoms with Gasteiger partial charge in [-0.2, -0.15) is 0 Å². The summed E-state index contributed by atoms with van der Waals surface area (Å²) in [5.41, 5.74) is 1.97. The van der Waals surface area contributed by atoms with Crippen molar-refractivity contribution in [3.05, 3.63) is 36.7 Å². The molecule has 1 aromatic carbocycles. The summed E-state index contributed by atoms with van der Waals surface area (Å²) in [6.07, 6.45) is 8.19. The molecule has 0 unspecified atom stereocenters. The van der Waals surface area contributed by atoms with E-state index in [1.807, 2.05) is 18.2 Å². The van der Waals surface area contributed by atoms with E-state index in [1.165, 1.54) is 12.8 Å². The Morgan fingerprint density at radius 2 is 1.92 bits per heavy atom. The molecule has 0 amide bonds. The van der Waals surface area contributed by atoms with Crippen LogP contribution in [0.4, 0.5) is 0 Å². The molecule has 1 aliphatic carbocycles. The van der Waals surface area contributed by atoms with E-state index in [-0.39, 0.29) is 6.10 Å². The zero-order valence-electron chi connectivity index (χ0n) is 14.6. The quantitative estimate of drug-likeness (QED) is 0.855. The van der Waals surface area contributed by atoms with Gasteiger partial charge in [-0.25, -0.2) is 9.97 Å². The third-order valence-corrected chi connectivity index (χ3v) is 5.34. The van der Waals surface area contributed by atoms with Gasteiger partial charge in [-0.15, -0.1) is 0 Å². The van der Waals surface area contributed by atoms with Gasteiger partial charge < -0.3 is 9.47 Å². The number of benzene rings is 1. The van der Waals surface area contributed by atoms with E-state index in [9.17, 15) is 0 Å². The molecule has 5 nitrogen and oxygen atoms in total. The highest BCUT2D eigenvalue weighted by Crippen LogP contribution is 2.29. The number of aromatic nitrogens is 2. The maximum absolute atomic E-state index is 6.28. The Hall–Kier alpha value is -1.98. The van der Waals surface area contributed by atoms with Crippen molar-refractivity contribution in [2.75, 3.05) is 26.3 Å². The average molecular weight is 339 g/mol. The number of morpholine rings is 1. The van der Waals surface area contributed by atoms with Gasteiger partial charge in [-0.3, -0.25) is 4.90 Å². The molecule has 0 N–H and O–H groups in total. The molecule has 1 aliphatic heterocycles. The van der Waals surface area contributed by atoms with Gasteiger partial charge in [0, 0.05) is 19.1 Å². The Bertz CT molecular complexity index is 735. The van der Waals surface area contributed by atoms with Gasteiger partial charge in [0.15, 0.2) is 0 Å². The summed E-state index contributed by atoms with van der Waals surface area (Å²) in [4.78, 5) is 11.3. The number of nitrogens with zero attached hydrogens (tertiary/aromatic N) is 3. The van der Waals surface area contributed by atoms with Crippen LogP contribution in [0.2, 0.25) is 0 Å². The molecule has 132 valence electrons. The summed E-state index contributed by atoms with van der Waals surface area (Å²) >= 11 is 0. The van der Waals surface area contributed by atoms with Crippen LogP contribution < -0.4 is 4.74 Å². The second-order valence-corrected chi connectivity index (χ2v) is 6.86. The number of rotatable bonds is 4. The Morgan fingerprint density at radius 3 is 2.68 bits per heavy atom. The fraction of sp³-hybridized carbons (Fsp3) is 0.500. The molecule has 0 radical (unpaired) electrons. The van der Waals surface area contributed by atoms with Crippen molar-refractivity contribution < 1.29 is 9.47 Å². The fourth-order valence-electron chi connectivity index (χ4n) is 3.90. The van der Waals surface area contributed by atoms with Crippen LogP contribution in [-0.4, -0.2) is 53.3 Å². The Morgan fingerprint density at radius 1 is 1.12 bits per heavy atom. The molecule has 0 spiro atoms. The first-order chi connectivity index (χ1) is 12.3. The van der Waals surface area contributed by atoms with Crippen molar-refractivity contribution >= 4 is 17.0 Å². The van der Waals surface area contributed by atoms with Crippen LogP contribution >= 0.6 is 0 Å². The van der Waals surface area contributed by atoms with E-state index < -0.39 is 0 Å². The minimum atomic E-state index is 0.239. The van der Waals surface area contributed by atoms with Crippen molar-refractivity contribution in [3.63, 3.8) is 0 Å². The molecule has 25 heavy (non-hydrogen) atoms. The lowest BCUT2D eigenvalue weighted by Crippen LogP contribution is -2.46. The lowest BCUT2D eigenvalue weighted by atomic mass is 9.91. The highest BCUT2D eigenvalue weighted by Gasteiger charge is 2.28. The van der Waals surface area contributed by atoms with Crippen LogP contribution in [0, 0.1) is 0 Å². The zero-order chi connectivity index (χ0) is 17.1. The van der Waals surface area contributed by atoms with Gasteiger partial charge in [0.2, 0.25) is 5.88 Å². The molecule has 1 saturated carbocycles. The highest BCUT2D eigenvalue weighted by molar-refractivity contribution is 5.85. The third kappa shape index (κ3) is 3.67. The molecule has 0 bridgehead atoms.